The van der Waals surface area contributed by atoms with Crippen molar-refractivity contribution < 1.29 is 4.79 Å². The van der Waals surface area contributed by atoms with E-state index in [1.807, 2.05) is 37.3 Å². The first-order valence-corrected chi connectivity index (χ1v) is 9.00. The molecule has 3 rings (SSSR count). The summed E-state index contributed by atoms with van der Waals surface area (Å²) in [7, 11) is 0. The first-order valence-electron chi connectivity index (χ1n) is 8.06. The summed E-state index contributed by atoms with van der Waals surface area (Å²) < 4.78 is 0. The zero-order chi connectivity index (χ0) is 16.1. The van der Waals surface area contributed by atoms with Crippen LogP contribution in [0.15, 0.2) is 47.2 Å². The van der Waals surface area contributed by atoms with Crippen LogP contribution in [0.2, 0.25) is 0 Å². The third kappa shape index (κ3) is 4.41. The highest BCUT2D eigenvalue weighted by Gasteiger charge is 2.25. The van der Waals surface area contributed by atoms with E-state index in [9.17, 15) is 4.79 Å². The predicted molar refractivity (Wildman–Crippen MR) is 95.7 cm³/mol. The van der Waals surface area contributed by atoms with Crippen LogP contribution in [-0.4, -0.2) is 47.9 Å². The van der Waals surface area contributed by atoms with Crippen molar-refractivity contribution in [2.24, 2.45) is 0 Å². The molecule has 0 unspecified atom stereocenters. The summed E-state index contributed by atoms with van der Waals surface area (Å²) in [6, 6.07) is 11.7. The Bertz CT molecular complexity index is 606. The fraction of sp³-hybridized carbons (Fsp3) is 0.389. The Morgan fingerprint density at radius 2 is 1.91 bits per heavy atom. The van der Waals surface area contributed by atoms with Gasteiger partial charge in [-0.3, -0.25) is 14.6 Å². The maximum atomic E-state index is 12.4. The van der Waals surface area contributed by atoms with Crippen molar-refractivity contribution in [3.05, 3.63) is 52.7 Å². The molecule has 1 aliphatic heterocycles. The molecule has 1 saturated heterocycles. The molecule has 0 bridgehead atoms. The Morgan fingerprint density at radius 3 is 2.57 bits per heavy atom. The Kier molecular flexibility index (Phi) is 5.43. The first kappa shape index (κ1) is 16.2. The molecule has 0 radical (unpaired) electrons. The molecule has 1 aliphatic rings. The lowest BCUT2D eigenvalue weighted by molar-refractivity contribution is -0.121. The molecule has 1 amide bonds. The number of hydrogen-bond donors (Lipinski definition) is 1. The quantitative estimate of drug-likeness (QED) is 0.916. The summed E-state index contributed by atoms with van der Waals surface area (Å²) in [5, 5.41) is 7.33. The van der Waals surface area contributed by atoms with Crippen molar-refractivity contribution in [2.45, 2.75) is 19.5 Å². The molecule has 2 aromatic rings. The van der Waals surface area contributed by atoms with E-state index in [0.717, 1.165) is 38.4 Å². The zero-order valence-electron chi connectivity index (χ0n) is 13.4. The molecule has 23 heavy (non-hydrogen) atoms. The number of nitrogens with zero attached hydrogens (tertiary/aromatic N) is 2. The minimum Gasteiger partial charge on any atom is -0.325 e. The van der Waals surface area contributed by atoms with Gasteiger partial charge in [0.15, 0.2) is 0 Å². The van der Waals surface area contributed by atoms with Crippen LogP contribution >= 0.6 is 11.3 Å². The molecule has 1 aromatic heterocycles. The molecule has 1 N–H and O–H groups in total. The Hall–Kier alpha value is -1.69. The molecular weight excluding hydrogens is 306 g/mol. The minimum atomic E-state index is -0.0986. The second kappa shape index (κ2) is 7.73. The average molecular weight is 329 g/mol. The van der Waals surface area contributed by atoms with Crippen LogP contribution < -0.4 is 5.32 Å². The highest BCUT2D eigenvalue weighted by atomic mass is 32.1. The predicted octanol–water partition coefficient (Wildman–Crippen LogP) is 2.89. The van der Waals surface area contributed by atoms with Gasteiger partial charge in [-0.15, -0.1) is 0 Å². The molecule has 0 spiro atoms. The lowest BCUT2D eigenvalue weighted by Crippen LogP contribution is -2.52. The fourth-order valence-electron chi connectivity index (χ4n) is 2.88. The molecule has 4 nitrogen and oxygen atoms in total. The number of thiophene rings is 1. The highest BCUT2D eigenvalue weighted by molar-refractivity contribution is 7.07. The van der Waals surface area contributed by atoms with E-state index in [-0.39, 0.29) is 11.9 Å². The van der Waals surface area contributed by atoms with Gasteiger partial charge < -0.3 is 5.32 Å². The summed E-state index contributed by atoms with van der Waals surface area (Å²) in [6.45, 7) is 6.91. The van der Waals surface area contributed by atoms with E-state index in [1.165, 1.54) is 5.56 Å². The summed E-state index contributed by atoms with van der Waals surface area (Å²) in [6.07, 6.45) is 0. The summed E-state index contributed by atoms with van der Waals surface area (Å²) in [5.41, 5.74) is 2.25. The number of nitrogens with one attached hydrogen (secondary N) is 1. The van der Waals surface area contributed by atoms with E-state index < -0.39 is 0 Å². The average Bonchev–Trinajstić information content (AvgIpc) is 3.09. The van der Waals surface area contributed by atoms with Gasteiger partial charge in [0, 0.05) is 38.4 Å². The van der Waals surface area contributed by atoms with Crippen LogP contribution in [0, 0.1) is 0 Å². The van der Waals surface area contributed by atoms with E-state index in [2.05, 4.69) is 31.9 Å². The monoisotopic (exact) mass is 329 g/mol. The largest absolute Gasteiger partial charge is 0.325 e. The fourth-order valence-corrected chi connectivity index (χ4v) is 3.54. The molecule has 0 aliphatic carbocycles. The maximum absolute atomic E-state index is 12.4. The SMILES string of the molecule is C[C@H](C(=O)Nc1ccccc1)N1CCN(Cc2ccsc2)CC1. The van der Waals surface area contributed by atoms with Crippen molar-refractivity contribution in [3.8, 4) is 0 Å². The molecule has 1 atom stereocenters. The third-order valence-electron chi connectivity index (χ3n) is 4.36. The van der Waals surface area contributed by atoms with Gasteiger partial charge in [-0.1, -0.05) is 18.2 Å². The number of rotatable bonds is 5. The van der Waals surface area contributed by atoms with Crippen molar-refractivity contribution in [1.29, 1.82) is 0 Å². The number of anilines is 1. The van der Waals surface area contributed by atoms with Gasteiger partial charge in [0.1, 0.15) is 0 Å². The van der Waals surface area contributed by atoms with E-state index in [1.54, 1.807) is 11.3 Å². The van der Waals surface area contributed by atoms with E-state index in [0.29, 0.717) is 0 Å². The molecule has 122 valence electrons. The van der Waals surface area contributed by atoms with Crippen molar-refractivity contribution in [3.63, 3.8) is 0 Å². The van der Waals surface area contributed by atoms with Gasteiger partial charge in [0.05, 0.1) is 6.04 Å². The van der Waals surface area contributed by atoms with Crippen LogP contribution in [0.4, 0.5) is 5.69 Å². The van der Waals surface area contributed by atoms with Crippen molar-refractivity contribution >= 4 is 22.9 Å². The van der Waals surface area contributed by atoms with Crippen LogP contribution in [0.1, 0.15) is 12.5 Å². The Labute approximate surface area is 141 Å². The van der Waals surface area contributed by atoms with Gasteiger partial charge in [-0.05, 0) is 41.4 Å². The lowest BCUT2D eigenvalue weighted by atomic mass is 10.2. The molecule has 1 fully saturated rings. The lowest BCUT2D eigenvalue weighted by Gasteiger charge is -2.37. The van der Waals surface area contributed by atoms with Crippen molar-refractivity contribution in [1.82, 2.24) is 9.80 Å². The first-order chi connectivity index (χ1) is 11.2. The molecular formula is C18H23N3OS. The number of carbonyl (C=O) groups excluding carboxylic acids is 1. The number of piperazine rings is 1. The van der Waals surface area contributed by atoms with E-state index in [4.69, 9.17) is 0 Å². The number of amides is 1. The summed E-state index contributed by atoms with van der Waals surface area (Å²) >= 11 is 1.75. The van der Waals surface area contributed by atoms with Crippen LogP contribution in [0.25, 0.3) is 0 Å². The molecule has 0 saturated carbocycles. The standard InChI is InChI=1S/C18H23N3OS/c1-15(18(22)19-17-5-3-2-4-6-17)21-10-8-20(9-11-21)13-16-7-12-23-14-16/h2-7,12,14-15H,8-11,13H2,1H3,(H,19,22)/t15-/m1/s1. The Morgan fingerprint density at radius 1 is 1.17 bits per heavy atom. The smallest absolute Gasteiger partial charge is 0.241 e. The highest BCUT2D eigenvalue weighted by Crippen LogP contribution is 2.14. The summed E-state index contributed by atoms with van der Waals surface area (Å²) in [4.78, 5) is 17.1. The Balaban J connectivity index is 1.47. The van der Waals surface area contributed by atoms with Crippen LogP contribution in [-0.2, 0) is 11.3 Å². The van der Waals surface area contributed by atoms with Gasteiger partial charge in [-0.25, -0.2) is 0 Å². The number of hydrogen-bond acceptors (Lipinski definition) is 4. The number of para-hydroxylation sites is 1. The van der Waals surface area contributed by atoms with E-state index >= 15 is 0 Å². The second-order valence-electron chi connectivity index (χ2n) is 5.97. The topological polar surface area (TPSA) is 35.6 Å². The normalized spacial score (nSPS) is 17.8. The van der Waals surface area contributed by atoms with Crippen molar-refractivity contribution in [2.75, 3.05) is 31.5 Å². The number of benzene rings is 1. The molecule has 5 heteroatoms. The zero-order valence-corrected chi connectivity index (χ0v) is 14.3. The summed E-state index contributed by atoms with van der Waals surface area (Å²) in [5.74, 6) is 0.0717. The third-order valence-corrected chi connectivity index (χ3v) is 5.09. The van der Waals surface area contributed by atoms with Gasteiger partial charge >= 0.3 is 0 Å². The van der Waals surface area contributed by atoms with Crippen LogP contribution in [0.3, 0.4) is 0 Å². The minimum absolute atomic E-state index is 0.0717. The number of carbonyl (C=O) groups is 1. The van der Waals surface area contributed by atoms with Gasteiger partial charge in [-0.2, -0.15) is 11.3 Å². The molecule has 1 aromatic carbocycles. The van der Waals surface area contributed by atoms with Gasteiger partial charge in [0.2, 0.25) is 5.91 Å². The maximum Gasteiger partial charge on any atom is 0.241 e. The second-order valence-corrected chi connectivity index (χ2v) is 6.75. The molecule has 2 heterocycles. The van der Waals surface area contributed by atoms with Gasteiger partial charge in [0.25, 0.3) is 0 Å². The van der Waals surface area contributed by atoms with Crippen LogP contribution in [0.5, 0.6) is 0 Å².